The van der Waals surface area contributed by atoms with Crippen molar-refractivity contribution in [3.05, 3.63) is 52.2 Å². The number of hydrogen-bond acceptors (Lipinski definition) is 3. The number of benzene rings is 1. The molecule has 1 N–H and O–H groups in total. The highest BCUT2D eigenvalue weighted by molar-refractivity contribution is 8.00. The minimum atomic E-state index is -0.902. The first-order valence-corrected chi connectivity index (χ1v) is 7.74. The van der Waals surface area contributed by atoms with Crippen molar-refractivity contribution < 1.29 is 13.6 Å². The fourth-order valence-electron chi connectivity index (χ4n) is 1.54. The Kier molecular flexibility index (Phi) is 5.14. The second kappa shape index (κ2) is 6.85. The van der Waals surface area contributed by atoms with E-state index in [1.165, 1.54) is 17.8 Å². The molecule has 20 heavy (non-hydrogen) atoms. The van der Waals surface area contributed by atoms with Crippen molar-refractivity contribution in [1.82, 2.24) is 5.32 Å². The summed E-state index contributed by atoms with van der Waals surface area (Å²) >= 11 is 2.77. The molecule has 0 unspecified atom stereocenters. The predicted molar refractivity (Wildman–Crippen MR) is 77.8 cm³/mol. The number of carbonyl (C=O) groups excluding carboxylic acids is 1. The molecule has 1 amide bonds. The molecule has 1 aromatic carbocycles. The zero-order chi connectivity index (χ0) is 14.5. The maximum Gasteiger partial charge on any atom is 0.233 e. The molecule has 0 aliphatic heterocycles. The van der Waals surface area contributed by atoms with Gasteiger partial charge in [0.1, 0.15) is 0 Å². The Morgan fingerprint density at radius 3 is 2.80 bits per heavy atom. The standard InChI is InChI=1S/C14H13F2NOS2/c1-9(14(18)17-8-11-3-2-6-19-11)20-10-4-5-12(15)13(16)7-10/h2-7,9H,8H2,1H3,(H,17,18)/t9-/m1/s1. The topological polar surface area (TPSA) is 29.1 Å². The average molecular weight is 313 g/mol. The van der Waals surface area contributed by atoms with E-state index >= 15 is 0 Å². The molecule has 0 saturated heterocycles. The van der Waals surface area contributed by atoms with Crippen molar-refractivity contribution in [3.63, 3.8) is 0 Å². The number of hydrogen-bond donors (Lipinski definition) is 1. The number of nitrogens with one attached hydrogen (secondary N) is 1. The van der Waals surface area contributed by atoms with Crippen molar-refractivity contribution in [2.24, 2.45) is 0 Å². The van der Waals surface area contributed by atoms with Crippen LogP contribution < -0.4 is 5.32 Å². The highest BCUT2D eigenvalue weighted by atomic mass is 32.2. The van der Waals surface area contributed by atoms with Crippen LogP contribution >= 0.6 is 23.1 Å². The molecule has 2 aromatic rings. The summed E-state index contributed by atoms with van der Waals surface area (Å²) in [6, 6.07) is 7.49. The van der Waals surface area contributed by atoms with Crippen LogP contribution in [0.4, 0.5) is 8.78 Å². The van der Waals surface area contributed by atoms with E-state index in [0.717, 1.165) is 17.0 Å². The third kappa shape index (κ3) is 4.05. The normalized spacial score (nSPS) is 12.2. The van der Waals surface area contributed by atoms with Gasteiger partial charge in [0.15, 0.2) is 11.6 Å². The van der Waals surface area contributed by atoms with Gasteiger partial charge in [0.25, 0.3) is 0 Å². The number of thiophene rings is 1. The van der Waals surface area contributed by atoms with Crippen LogP contribution in [0.15, 0.2) is 40.6 Å². The van der Waals surface area contributed by atoms with Gasteiger partial charge in [-0.05, 0) is 36.6 Å². The first kappa shape index (κ1) is 15.0. The molecule has 1 atom stereocenters. The third-order valence-electron chi connectivity index (χ3n) is 2.59. The Labute approximate surface area is 124 Å². The smallest absolute Gasteiger partial charge is 0.233 e. The SMILES string of the molecule is C[C@@H](Sc1ccc(F)c(F)c1)C(=O)NCc1cccs1. The van der Waals surface area contributed by atoms with Crippen molar-refractivity contribution in [3.8, 4) is 0 Å². The van der Waals surface area contributed by atoms with Gasteiger partial charge >= 0.3 is 0 Å². The van der Waals surface area contributed by atoms with Crippen molar-refractivity contribution >= 4 is 29.0 Å². The third-order valence-corrected chi connectivity index (χ3v) is 4.56. The van der Waals surface area contributed by atoms with E-state index in [-0.39, 0.29) is 11.2 Å². The molecule has 2 rings (SSSR count). The largest absolute Gasteiger partial charge is 0.350 e. The minimum absolute atomic E-state index is 0.131. The van der Waals surface area contributed by atoms with Crippen molar-refractivity contribution in [2.75, 3.05) is 0 Å². The Morgan fingerprint density at radius 2 is 2.15 bits per heavy atom. The number of carbonyl (C=O) groups is 1. The summed E-state index contributed by atoms with van der Waals surface area (Å²) in [5.74, 6) is -1.92. The van der Waals surface area contributed by atoms with E-state index in [2.05, 4.69) is 5.32 Å². The fraction of sp³-hybridized carbons (Fsp3) is 0.214. The van der Waals surface area contributed by atoms with Gasteiger partial charge in [0.2, 0.25) is 5.91 Å². The summed E-state index contributed by atoms with van der Waals surface area (Å²) in [6.45, 7) is 2.22. The quantitative estimate of drug-likeness (QED) is 0.850. The molecule has 1 aromatic heterocycles. The van der Waals surface area contributed by atoms with Gasteiger partial charge in [0.05, 0.1) is 11.8 Å². The predicted octanol–water partition coefficient (Wildman–Crippen LogP) is 3.82. The average Bonchev–Trinajstić information content (AvgIpc) is 2.93. The number of halogens is 2. The highest BCUT2D eigenvalue weighted by Crippen LogP contribution is 2.25. The van der Waals surface area contributed by atoms with Crippen LogP contribution in [0.5, 0.6) is 0 Å². The first-order chi connectivity index (χ1) is 9.56. The molecule has 0 aliphatic rings. The van der Waals surface area contributed by atoms with Gasteiger partial charge < -0.3 is 5.32 Å². The van der Waals surface area contributed by atoms with E-state index in [0.29, 0.717) is 11.4 Å². The monoisotopic (exact) mass is 313 g/mol. The Bertz CT molecular complexity index is 587. The maximum atomic E-state index is 13.1. The van der Waals surface area contributed by atoms with E-state index in [1.54, 1.807) is 18.3 Å². The first-order valence-electron chi connectivity index (χ1n) is 5.98. The zero-order valence-corrected chi connectivity index (χ0v) is 12.4. The van der Waals surface area contributed by atoms with Gasteiger partial charge in [-0.3, -0.25) is 4.79 Å². The second-order valence-electron chi connectivity index (χ2n) is 4.13. The molecular formula is C14H13F2NOS2. The Morgan fingerprint density at radius 1 is 1.35 bits per heavy atom. The van der Waals surface area contributed by atoms with Gasteiger partial charge in [-0.25, -0.2) is 8.78 Å². The van der Waals surface area contributed by atoms with Gasteiger partial charge in [0, 0.05) is 9.77 Å². The lowest BCUT2D eigenvalue weighted by Crippen LogP contribution is -2.30. The number of rotatable bonds is 5. The van der Waals surface area contributed by atoms with E-state index < -0.39 is 11.6 Å². The van der Waals surface area contributed by atoms with Crippen LogP contribution in [0, 0.1) is 11.6 Å². The van der Waals surface area contributed by atoms with Gasteiger partial charge in [-0.2, -0.15) is 0 Å². The van der Waals surface area contributed by atoms with Gasteiger partial charge in [-0.1, -0.05) is 6.07 Å². The molecule has 6 heteroatoms. The summed E-state index contributed by atoms with van der Waals surface area (Å²) in [5, 5.41) is 4.38. The van der Waals surface area contributed by atoms with Crippen LogP contribution in [0.3, 0.4) is 0 Å². The highest BCUT2D eigenvalue weighted by Gasteiger charge is 2.15. The number of thioether (sulfide) groups is 1. The van der Waals surface area contributed by atoms with Crippen LogP contribution in [0.2, 0.25) is 0 Å². The van der Waals surface area contributed by atoms with Crippen LogP contribution in [0.1, 0.15) is 11.8 Å². The lowest BCUT2D eigenvalue weighted by atomic mass is 10.3. The summed E-state index contributed by atoms with van der Waals surface area (Å²) in [6.07, 6.45) is 0. The lowest BCUT2D eigenvalue weighted by Gasteiger charge is -2.11. The molecule has 106 valence electrons. The summed E-state index contributed by atoms with van der Waals surface area (Å²) < 4.78 is 25.9. The minimum Gasteiger partial charge on any atom is -0.350 e. The zero-order valence-electron chi connectivity index (χ0n) is 10.7. The summed E-state index contributed by atoms with van der Waals surface area (Å²) in [5.41, 5.74) is 0. The molecular weight excluding hydrogens is 300 g/mol. The number of amides is 1. The fourth-order valence-corrected chi connectivity index (χ4v) is 3.10. The lowest BCUT2D eigenvalue weighted by molar-refractivity contribution is -0.120. The molecule has 2 nitrogen and oxygen atoms in total. The van der Waals surface area contributed by atoms with E-state index in [4.69, 9.17) is 0 Å². The second-order valence-corrected chi connectivity index (χ2v) is 6.58. The molecule has 0 spiro atoms. The molecule has 1 heterocycles. The van der Waals surface area contributed by atoms with Gasteiger partial charge in [-0.15, -0.1) is 23.1 Å². The summed E-state index contributed by atoms with van der Waals surface area (Å²) in [7, 11) is 0. The molecule has 0 aliphatic carbocycles. The molecule has 0 saturated carbocycles. The van der Waals surface area contributed by atoms with Crippen LogP contribution in [-0.4, -0.2) is 11.2 Å². The molecule has 0 fully saturated rings. The molecule has 0 bridgehead atoms. The van der Waals surface area contributed by atoms with Crippen molar-refractivity contribution in [2.45, 2.75) is 23.6 Å². The van der Waals surface area contributed by atoms with Crippen LogP contribution in [-0.2, 0) is 11.3 Å². The maximum absolute atomic E-state index is 13.1. The van der Waals surface area contributed by atoms with E-state index in [9.17, 15) is 13.6 Å². The van der Waals surface area contributed by atoms with Crippen LogP contribution in [0.25, 0.3) is 0 Å². The van der Waals surface area contributed by atoms with E-state index in [1.807, 2.05) is 17.5 Å². The van der Waals surface area contributed by atoms with Crippen molar-refractivity contribution in [1.29, 1.82) is 0 Å². The molecule has 0 radical (unpaired) electrons. The Balaban J connectivity index is 1.88. The Hall–Kier alpha value is -1.40. The summed E-state index contributed by atoms with van der Waals surface area (Å²) in [4.78, 5) is 13.5.